The number of rotatable bonds is 4. The summed E-state index contributed by atoms with van der Waals surface area (Å²) >= 11 is 3.21. The molecule has 1 unspecified atom stereocenters. The van der Waals surface area contributed by atoms with Gasteiger partial charge in [-0.15, -0.1) is 0 Å². The van der Waals surface area contributed by atoms with E-state index in [1.807, 2.05) is 6.92 Å². The minimum Gasteiger partial charge on any atom is -0.386 e. The lowest BCUT2D eigenvalue weighted by atomic mass is 10.1. The molecule has 0 aliphatic rings. The molecule has 0 aliphatic carbocycles. The fourth-order valence-electron chi connectivity index (χ4n) is 1.89. The van der Waals surface area contributed by atoms with Crippen molar-refractivity contribution in [3.05, 3.63) is 52.0 Å². The molecule has 2 aromatic rings. The largest absolute Gasteiger partial charge is 0.386 e. The molecule has 5 heteroatoms. The Kier molecular flexibility index (Phi) is 4.14. The maximum atomic E-state index is 13.7. The van der Waals surface area contributed by atoms with Crippen LogP contribution in [0.25, 0.3) is 0 Å². The first kappa shape index (κ1) is 13.2. The highest BCUT2D eigenvalue weighted by atomic mass is 79.9. The zero-order valence-electron chi connectivity index (χ0n) is 9.98. The van der Waals surface area contributed by atoms with E-state index in [1.165, 1.54) is 6.07 Å². The lowest BCUT2D eigenvalue weighted by Gasteiger charge is -2.13. The Morgan fingerprint density at radius 2 is 2.22 bits per heavy atom. The van der Waals surface area contributed by atoms with Crippen LogP contribution in [0.1, 0.15) is 24.3 Å². The van der Waals surface area contributed by atoms with Crippen molar-refractivity contribution in [1.82, 2.24) is 9.78 Å². The van der Waals surface area contributed by atoms with E-state index >= 15 is 0 Å². The van der Waals surface area contributed by atoms with Crippen LogP contribution in [0.3, 0.4) is 0 Å². The quantitative estimate of drug-likeness (QED) is 0.942. The maximum absolute atomic E-state index is 13.7. The average Bonchev–Trinajstić information content (AvgIpc) is 2.81. The van der Waals surface area contributed by atoms with Gasteiger partial charge in [-0.2, -0.15) is 5.10 Å². The van der Waals surface area contributed by atoms with Crippen LogP contribution in [-0.4, -0.2) is 14.9 Å². The monoisotopic (exact) mass is 312 g/mol. The smallest absolute Gasteiger partial charge is 0.127 e. The van der Waals surface area contributed by atoms with Crippen LogP contribution in [0.4, 0.5) is 4.39 Å². The van der Waals surface area contributed by atoms with Gasteiger partial charge < -0.3 is 5.11 Å². The van der Waals surface area contributed by atoms with E-state index < -0.39 is 6.10 Å². The lowest BCUT2D eigenvalue weighted by Crippen LogP contribution is -2.10. The molecular formula is C13H14BrFN2O. The summed E-state index contributed by atoms with van der Waals surface area (Å²) in [4.78, 5) is 0. The molecule has 96 valence electrons. The van der Waals surface area contributed by atoms with Gasteiger partial charge >= 0.3 is 0 Å². The highest BCUT2D eigenvalue weighted by molar-refractivity contribution is 9.10. The molecule has 18 heavy (non-hydrogen) atoms. The standard InChI is InChI=1S/C13H14BrFN2O/c1-2-17-12(5-6-16-17)13(18)7-9-3-4-10(14)8-11(9)15/h3-6,8,13,18H,2,7H2,1H3. The van der Waals surface area contributed by atoms with Gasteiger partial charge in [0, 0.05) is 23.6 Å². The summed E-state index contributed by atoms with van der Waals surface area (Å²) in [5.41, 5.74) is 1.20. The van der Waals surface area contributed by atoms with Gasteiger partial charge in [0.05, 0.1) is 11.8 Å². The van der Waals surface area contributed by atoms with Gasteiger partial charge in [0.2, 0.25) is 0 Å². The van der Waals surface area contributed by atoms with Gasteiger partial charge in [0.15, 0.2) is 0 Å². The topological polar surface area (TPSA) is 38.0 Å². The molecule has 0 fully saturated rings. The highest BCUT2D eigenvalue weighted by Crippen LogP contribution is 2.22. The first-order valence-corrected chi connectivity index (χ1v) is 6.54. The Hall–Kier alpha value is -1.20. The molecular weight excluding hydrogens is 299 g/mol. The van der Waals surface area contributed by atoms with Gasteiger partial charge in [0.25, 0.3) is 0 Å². The first-order valence-electron chi connectivity index (χ1n) is 5.75. The number of aromatic nitrogens is 2. The molecule has 0 spiro atoms. The highest BCUT2D eigenvalue weighted by Gasteiger charge is 2.15. The number of halogens is 2. The van der Waals surface area contributed by atoms with Crippen molar-refractivity contribution < 1.29 is 9.50 Å². The van der Waals surface area contributed by atoms with E-state index in [0.29, 0.717) is 22.3 Å². The van der Waals surface area contributed by atoms with Crippen molar-refractivity contribution in [2.75, 3.05) is 0 Å². The van der Waals surface area contributed by atoms with Crippen LogP contribution in [-0.2, 0) is 13.0 Å². The Balaban J connectivity index is 2.18. The Bertz CT molecular complexity index is 542. The van der Waals surface area contributed by atoms with E-state index in [4.69, 9.17) is 0 Å². The van der Waals surface area contributed by atoms with Crippen LogP contribution in [0.15, 0.2) is 34.9 Å². The molecule has 1 aromatic carbocycles. The molecule has 1 atom stereocenters. The second kappa shape index (κ2) is 5.63. The summed E-state index contributed by atoms with van der Waals surface area (Å²) in [5, 5.41) is 14.2. The number of nitrogens with zero attached hydrogens (tertiary/aromatic N) is 2. The number of hydrogen-bond acceptors (Lipinski definition) is 2. The molecule has 1 heterocycles. The van der Waals surface area contributed by atoms with E-state index in [-0.39, 0.29) is 12.2 Å². The zero-order valence-corrected chi connectivity index (χ0v) is 11.6. The van der Waals surface area contributed by atoms with Crippen molar-refractivity contribution >= 4 is 15.9 Å². The molecule has 0 aliphatic heterocycles. The van der Waals surface area contributed by atoms with Crippen molar-refractivity contribution in [2.24, 2.45) is 0 Å². The molecule has 0 radical (unpaired) electrons. The summed E-state index contributed by atoms with van der Waals surface area (Å²) in [6.07, 6.45) is 1.13. The molecule has 0 saturated heterocycles. The normalized spacial score (nSPS) is 12.7. The molecule has 3 nitrogen and oxygen atoms in total. The third-order valence-corrected chi connectivity index (χ3v) is 3.31. The van der Waals surface area contributed by atoms with Gasteiger partial charge in [-0.05, 0) is 30.7 Å². The van der Waals surface area contributed by atoms with Gasteiger partial charge in [-0.1, -0.05) is 22.0 Å². The number of aryl methyl sites for hydroxylation is 1. The number of aliphatic hydroxyl groups is 1. The first-order chi connectivity index (χ1) is 8.61. The summed E-state index contributed by atoms with van der Waals surface area (Å²) < 4.78 is 16.1. The minimum atomic E-state index is -0.747. The van der Waals surface area contributed by atoms with Crippen molar-refractivity contribution in [3.8, 4) is 0 Å². The summed E-state index contributed by atoms with van der Waals surface area (Å²) in [6, 6.07) is 6.60. The van der Waals surface area contributed by atoms with Crippen LogP contribution in [0.2, 0.25) is 0 Å². The van der Waals surface area contributed by atoms with Gasteiger partial charge in [0.1, 0.15) is 5.82 Å². The molecule has 1 N–H and O–H groups in total. The second-order valence-corrected chi connectivity index (χ2v) is 4.94. The van der Waals surface area contributed by atoms with Gasteiger partial charge in [-0.3, -0.25) is 4.68 Å². The summed E-state index contributed by atoms with van der Waals surface area (Å²) in [6.45, 7) is 2.63. The van der Waals surface area contributed by atoms with E-state index in [2.05, 4.69) is 21.0 Å². The van der Waals surface area contributed by atoms with Crippen LogP contribution in [0.5, 0.6) is 0 Å². The van der Waals surface area contributed by atoms with Gasteiger partial charge in [-0.25, -0.2) is 4.39 Å². The van der Waals surface area contributed by atoms with E-state index in [9.17, 15) is 9.50 Å². The average molecular weight is 313 g/mol. The molecule has 2 rings (SSSR count). The third kappa shape index (κ3) is 2.79. The molecule has 1 aromatic heterocycles. The Labute approximate surface area is 113 Å². The second-order valence-electron chi connectivity index (χ2n) is 4.03. The molecule has 0 amide bonds. The van der Waals surface area contributed by atoms with E-state index in [1.54, 1.807) is 29.1 Å². The lowest BCUT2D eigenvalue weighted by molar-refractivity contribution is 0.166. The van der Waals surface area contributed by atoms with E-state index in [0.717, 1.165) is 0 Å². The Morgan fingerprint density at radius 1 is 1.44 bits per heavy atom. The summed E-state index contributed by atoms with van der Waals surface area (Å²) in [7, 11) is 0. The number of hydrogen-bond donors (Lipinski definition) is 1. The third-order valence-electron chi connectivity index (χ3n) is 2.82. The predicted molar refractivity (Wildman–Crippen MR) is 70.7 cm³/mol. The fourth-order valence-corrected chi connectivity index (χ4v) is 2.22. The molecule has 0 bridgehead atoms. The minimum absolute atomic E-state index is 0.241. The van der Waals surface area contributed by atoms with Crippen molar-refractivity contribution in [1.29, 1.82) is 0 Å². The van der Waals surface area contributed by atoms with Crippen molar-refractivity contribution in [2.45, 2.75) is 26.0 Å². The fraction of sp³-hybridized carbons (Fsp3) is 0.308. The van der Waals surface area contributed by atoms with Crippen molar-refractivity contribution in [3.63, 3.8) is 0 Å². The summed E-state index contributed by atoms with van der Waals surface area (Å²) in [5.74, 6) is -0.314. The SMILES string of the molecule is CCn1nccc1C(O)Cc1ccc(Br)cc1F. The zero-order chi connectivity index (χ0) is 13.1. The molecule has 0 saturated carbocycles. The van der Waals surface area contributed by atoms with Crippen LogP contribution >= 0.6 is 15.9 Å². The number of aliphatic hydroxyl groups excluding tert-OH is 1. The van der Waals surface area contributed by atoms with Crippen LogP contribution in [0, 0.1) is 5.82 Å². The Morgan fingerprint density at radius 3 is 2.89 bits per heavy atom. The van der Waals surface area contributed by atoms with Crippen LogP contribution < -0.4 is 0 Å². The number of benzene rings is 1. The predicted octanol–water partition coefficient (Wildman–Crippen LogP) is 3.08. The maximum Gasteiger partial charge on any atom is 0.127 e.